The maximum absolute atomic E-state index is 12.2. The number of hydrogen-bond acceptors (Lipinski definition) is 5. The molecule has 0 heterocycles. The van der Waals surface area contributed by atoms with E-state index in [1.807, 2.05) is 36.6 Å². The van der Waals surface area contributed by atoms with Gasteiger partial charge in [0.1, 0.15) is 6.04 Å². The van der Waals surface area contributed by atoms with Crippen molar-refractivity contribution in [3.8, 4) is 0 Å². The zero-order chi connectivity index (χ0) is 16.4. The number of carboxylic acid groups (broad SMARTS) is 1. The summed E-state index contributed by atoms with van der Waals surface area (Å²) in [7, 11) is 0. The molecule has 7 heteroatoms. The van der Waals surface area contributed by atoms with Gasteiger partial charge in [-0.1, -0.05) is 30.3 Å². The number of amides is 2. The molecule has 0 bridgehead atoms. The summed E-state index contributed by atoms with van der Waals surface area (Å²) in [5.41, 5.74) is 0.867. The number of carbonyl (C=O) groups is 3. The Morgan fingerprint density at radius 2 is 1.95 bits per heavy atom. The lowest BCUT2D eigenvalue weighted by atomic mass is 10.0. The Hall–Kier alpha value is -2.02. The molecule has 0 unspecified atom stereocenters. The van der Waals surface area contributed by atoms with Crippen LogP contribution >= 0.6 is 11.8 Å². The molecule has 120 valence electrons. The van der Waals surface area contributed by atoms with Crippen LogP contribution in [0, 0.1) is 0 Å². The van der Waals surface area contributed by atoms with E-state index >= 15 is 0 Å². The maximum atomic E-state index is 12.2. The van der Waals surface area contributed by atoms with Crippen LogP contribution < -0.4 is 15.7 Å². The maximum Gasteiger partial charge on any atom is 0.243 e. The first-order valence-electron chi connectivity index (χ1n) is 6.82. The van der Waals surface area contributed by atoms with Crippen LogP contribution in [-0.4, -0.2) is 42.4 Å². The molecule has 0 fully saturated rings. The van der Waals surface area contributed by atoms with Gasteiger partial charge in [0.25, 0.3) is 0 Å². The highest BCUT2D eigenvalue weighted by atomic mass is 32.2. The Balaban J connectivity index is 2.70. The molecule has 0 saturated heterocycles. The number of nitrogens with one attached hydrogen (secondary N) is 2. The van der Waals surface area contributed by atoms with Crippen molar-refractivity contribution in [2.75, 3.05) is 12.0 Å². The standard InChI is InChI=1S/C15H20N2O4S/c1-22-8-7-12(15(20)21)17-14(19)13(16-10-18)9-11-5-3-2-4-6-11/h2-6,10,12-13H,7-9H2,1H3,(H,16,18)(H,17,19)(H,20,21)/p-1/t12-,13-/m0/s1. The Labute approximate surface area is 133 Å². The number of aliphatic carboxylic acids is 1. The number of hydrogen-bond donors (Lipinski definition) is 2. The van der Waals surface area contributed by atoms with E-state index in [2.05, 4.69) is 10.6 Å². The summed E-state index contributed by atoms with van der Waals surface area (Å²) in [5, 5.41) is 15.9. The Kier molecular flexibility index (Phi) is 8.06. The van der Waals surface area contributed by atoms with E-state index in [0.717, 1.165) is 5.56 Å². The zero-order valence-electron chi connectivity index (χ0n) is 12.3. The Morgan fingerprint density at radius 1 is 1.27 bits per heavy atom. The average molecular weight is 323 g/mol. The molecular formula is C15H19N2O4S-. The smallest absolute Gasteiger partial charge is 0.243 e. The number of benzene rings is 1. The Bertz CT molecular complexity index is 496. The minimum absolute atomic E-state index is 0.272. The van der Waals surface area contributed by atoms with Crippen LogP contribution in [0.25, 0.3) is 0 Å². The molecule has 2 N–H and O–H groups in total. The van der Waals surface area contributed by atoms with E-state index in [0.29, 0.717) is 12.2 Å². The zero-order valence-corrected chi connectivity index (χ0v) is 13.1. The van der Waals surface area contributed by atoms with Crippen LogP contribution in [0.15, 0.2) is 30.3 Å². The van der Waals surface area contributed by atoms with Crippen molar-refractivity contribution in [1.29, 1.82) is 0 Å². The van der Waals surface area contributed by atoms with Crippen molar-refractivity contribution in [1.82, 2.24) is 10.6 Å². The van der Waals surface area contributed by atoms with Gasteiger partial charge in [0, 0.05) is 6.42 Å². The summed E-state index contributed by atoms with van der Waals surface area (Å²) in [6.45, 7) is 0. The summed E-state index contributed by atoms with van der Waals surface area (Å²) < 4.78 is 0. The molecule has 0 saturated carbocycles. The average Bonchev–Trinajstić information content (AvgIpc) is 2.51. The second kappa shape index (κ2) is 9.83. The Morgan fingerprint density at radius 3 is 2.50 bits per heavy atom. The molecule has 0 aliphatic heterocycles. The van der Waals surface area contributed by atoms with Crippen molar-refractivity contribution in [3.05, 3.63) is 35.9 Å². The lowest BCUT2D eigenvalue weighted by Gasteiger charge is -2.23. The van der Waals surface area contributed by atoms with Gasteiger partial charge < -0.3 is 20.5 Å². The van der Waals surface area contributed by atoms with Crippen LogP contribution in [0.1, 0.15) is 12.0 Å². The van der Waals surface area contributed by atoms with E-state index in [9.17, 15) is 19.5 Å². The van der Waals surface area contributed by atoms with Gasteiger partial charge in [0.05, 0.1) is 12.0 Å². The first-order valence-corrected chi connectivity index (χ1v) is 8.21. The third-order valence-electron chi connectivity index (χ3n) is 3.08. The minimum atomic E-state index is -1.33. The normalized spacial score (nSPS) is 13.0. The van der Waals surface area contributed by atoms with E-state index in [1.54, 1.807) is 0 Å². The molecule has 2 amide bonds. The van der Waals surface area contributed by atoms with Crippen LogP contribution in [0.3, 0.4) is 0 Å². The summed E-state index contributed by atoms with van der Waals surface area (Å²) >= 11 is 1.48. The van der Waals surface area contributed by atoms with Gasteiger partial charge >= 0.3 is 0 Å². The lowest BCUT2D eigenvalue weighted by Crippen LogP contribution is -2.54. The fraction of sp³-hybridized carbons (Fsp3) is 0.400. The number of carbonyl (C=O) groups excluding carboxylic acids is 3. The minimum Gasteiger partial charge on any atom is -0.548 e. The van der Waals surface area contributed by atoms with Crippen molar-refractivity contribution < 1.29 is 19.5 Å². The van der Waals surface area contributed by atoms with Gasteiger partial charge in [-0.05, 0) is 24.0 Å². The first-order chi connectivity index (χ1) is 10.6. The molecule has 0 radical (unpaired) electrons. The molecule has 1 aromatic carbocycles. The molecule has 22 heavy (non-hydrogen) atoms. The molecule has 0 spiro atoms. The van der Waals surface area contributed by atoms with Gasteiger partial charge in [-0.15, -0.1) is 0 Å². The highest BCUT2D eigenvalue weighted by molar-refractivity contribution is 7.98. The quantitative estimate of drug-likeness (QED) is 0.557. The number of carboxylic acids is 1. The number of rotatable bonds is 10. The van der Waals surface area contributed by atoms with Gasteiger partial charge in [0.15, 0.2) is 0 Å². The predicted octanol–water partition coefficient (Wildman–Crippen LogP) is -0.668. The fourth-order valence-corrected chi connectivity index (χ4v) is 2.39. The van der Waals surface area contributed by atoms with Crippen LogP contribution in [-0.2, 0) is 20.8 Å². The van der Waals surface area contributed by atoms with Gasteiger partial charge in [0.2, 0.25) is 12.3 Å². The largest absolute Gasteiger partial charge is 0.548 e. The van der Waals surface area contributed by atoms with Gasteiger partial charge in [-0.25, -0.2) is 0 Å². The summed E-state index contributed by atoms with van der Waals surface area (Å²) in [6.07, 6.45) is 2.84. The van der Waals surface area contributed by atoms with Crippen LogP contribution in [0.5, 0.6) is 0 Å². The lowest BCUT2D eigenvalue weighted by molar-refractivity contribution is -0.308. The monoisotopic (exact) mass is 323 g/mol. The van der Waals surface area contributed by atoms with Crippen molar-refractivity contribution in [2.24, 2.45) is 0 Å². The number of thioether (sulfide) groups is 1. The van der Waals surface area contributed by atoms with Crippen LogP contribution in [0.2, 0.25) is 0 Å². The molecule has 1 rings (SSSR count). The molecule has 0 aliphatic carbocycles. The summed E-state index contributed by atoms with van der Waals surface area (Å²) in [6, 6.07) is 7.28. The topological polar surface area (TPSA) is 98.3 Å². The van der Waals surface area contributed by atoms with Crippen molar-refractivity contribution in [3.63, 3.8) is 0 Å². The van der Waals surface area contributed by atoms with E-state index in [-0.39, 0.29) is 12.8 Å². The second-order valence-electron chi connectivity index (χ2n) is 4.69. The molecule has 0 aliphatic rings. The van der Waals surface area contributed by atoms with E-state index < -0.39 is 24.0 Å². The van der Waals surface area contributed by atoms with Gasteiger partial charge in [-0.2, -0.15) is 11.8 Å². The highest BCUT2D eigenvalue weighted by Gasteiger charge is 2.21. The van der Waals surface area contributed by atoms with E-state index in [4.69, 9.17) is 0 Å². The SMILES string of the molecule is CSCC[C@H](NC(=O)[C@H](Cc1ccccc1)NC=O)C(=O)[O-]. The molecular weight excluding hydrogens is 304 g/mol. The van der Waals surface area contributed by atoms with Gasteiger partial charge in [-0.3, -0.25) is 9.59 Å². The highest BCUT2D eigenvalue weighted by Crippen LogP contribution is 2.05. The second-order valence-corrected chi connectivity index (χ2v) is 5.67. The first kappa shape index (κ1) is 18.0. The molecule has 0 aromatic heterocycles. The van der Waals surface area contributed by atoms with E-state index in [1.165, 1.54) is 11.8 Å². The predicted molar refractivity (Wildman–Crippen MR) is 83.1 cm³/mol. The fourth-order valence-electron chi connectivity index (χ4n) is 1.92. The third kappa shape index (κ3) is 6.17. The van der Waals surface area contributed by atoms with Crippen molar-refractivity contribution in [2.45, 2.75) is 24.9 Å². The summed E-state index contributed by atoms with van der Waals surface area (Å²) in [4.78, 5) is 33.9. The summed E-state index contributed by atoms with van der Waals surface area (Å²) in [5.74, 6) is -1.28. The van der Waals surface area contributed by atoms with Crippen molar-refractivity contribution >= 4 is 30.0 Å². The third-order valence-corrected chi connectivity index (χ3v) is 3.72. The molecule has 2 atom stereocenters. The van der Waals surface area contributed by atoms with Crippen LogP contribution in [0.4, 0.5) is 0 Å². The molecule has 6 nitrogen and oxygen atoms in total. The molecule has 1 aromatic rings.